The lowest BCUT2D eigenvalue weighted by atomic mass is 10.2. The van der Waals surface area contributed by atoms with Gasteiger partial charge in [-0.25, -0.2) is 4.98 Å². The number of methoxy groups -OCH3 is 1. The number of oxazole rings is 1. The Hall–Kier alpha value is -0.690. The van der Waals surface area contributed by atoms with Crippen LogP contribution in [0.5, 0.6) is 0 Å². The molecule has 0 aliphatic heterocycles. The Bertz CT molecular complexity index is 543. The molecule has 1 aromatic heterocycles. The Morgan fingerprint density at radius 3 is 3.00 bits per heavy atom. The molecule has 0 aliphatic rings. The van der Waals surface area contributed by atoms with Crippen molar-refractivity contribution in [3.63, 3.8) is 0 Å². The number of nitrogens with zero attached hydrogens (tertiary/aromatic N) is 1. The normalized spacial score (nSPS) is 10.9. The largest absolute Gasteiger partial charge is 0.439 e. The third kappa shape index (κ3) is 4.14. The van der Waals surface area contributed by atoms with Gasteiger partial charge in [-0.1, -0.05) is 31.9 Å². The van der Waals surface area contributed by atoms with Gasteiger partial charge in [-0.05, 0) is 18.2 Å². The summed E-state index contributed by atoms with van der Waals surface area (Å²) in [4.78, 5) is 4.25. The van der Waals surface area contributed by atoms with Gasteiger partial charge in [0.05, 0.1) is 19.3 Å². The lowest BCUT2D eigenvalue weighted by molar-refractivity contribution is 0.198. The van der Waals surface area contributed by atoms with Crippen LogP contribution in [0.3, 0.4) is 0 Å². The van der Waals surface area contributed by atoms with E-state index >= 15 is 0 Å². The fraction of sp³-hybridized carbons (Fsp3) is 0.308. The highest BCUT2D eigenvalue weighted by molar-refractivity contribution is 9.11. The summed E-state index contributed by atoms with van der Waals surface area (Å²) < 4.78 is 12.7. The maximum atomic E-state index is 5.72. The molecule has 1 aromatic carbocycles. The molecule has 1 N–H and O–H groups in total. The van der Waals surface area contributed by atoms with Crippen molar-refractivity contribution in [2.75, 3.05) is 20.3 Å². The third-order valence-corrected chi connectivity index (χ3v) is 3.69. The summed E-state index contributed by atoms with van der Waals surface area (Å²) in [6, 6.07) is 5.93. The van der Waals surface area contributed by atoms with Crippen LogP contribution in [0.2, 0.25) is 0 Å². The molecule has 1 heterocycles. The molecule has 0 radical (unpaired) electrons. The van der Waals surface area contributed by atoms with Crippen molar-refractivity contribution in [2.45, 2.75) is 6.54 Å². The van der Waals surface area contributed by atoms with Crippen LogP contribution in [0.25, 0.3) is 11.3 Å². The summed E-state index contributed by atoms with van der Waals surface area (Å²) in [5.74, 6) is 1.41. The molecule has 0 unspecified atom stereocenters. The summed E-state index contributed by atoms with van der Waals surface area (Å²) in [7, 11) is 1.68. The van der Waals surface area contributed by atoms with Crippen molar-refractivity contribution >= 4 is 31.9 Å². The molecule has 6 heteroatoms. The molecular formula is C13H14Br2N2O2. The molecule has 0 aliphatic carbocycles. The summed E-state index contributed by atoms with van der Waals surface area (Å²) in [6.45, 7) is 2.04. The summed E-state index contributed by atoms with van der Waals surface area (Å²) in [5, 5.41) is 3.19. The Kier molecular flexibility index (Phi) is 5.57. The fourth-order valence-electron chi connectivity index (χ4n) is 1.57. The van der Waals surface area contributed by atoms with E-state index in [0.29, 0.717) is 19.0 Å². The second-order valence-corrected chi connectivity index (χ2v) is 5.68. The lowest BCUT2D eigenvalue weighted by Gasteiger charge is -2.02. The van der Waals surface area contributed by atoms with Crippen LogP contribution in [-0.2, 0) is 11.3 Å². The highest BCUT2D eigenvalue weighted by Gasteiger charge is 2.10. The van der Waals surface area contributed by atoms with E-state index in [1.807, 2.05) is 18.2 Å². The van der Waals surface area contributed by atoms with Crippen molar-refractivity contribution in [2.24, 2.45) is 0 Å². The van der Waals surface area contributed by atoms with E-state index in [0.717, 1.165) is 26.8 Å². The smallest absolute Gasteiger partial charge is 0.208 e. The van der Waals surface area contributed by atoms with Gasteiger partial charge < -0.3 is 14.5 Å². The van der Waals surface area contributed by atoms with E-state index < -0.39 is 0 Å². The minimum atomic E-state index is 0.592. The Balaban J connectivity index is 2.06. The standard InChI is InChI=1S/C13H14Br2N2O2/c1-18-5-4-16-8-13-17-7-12(19-13)10-6-9(14)2-3-11(10)15/h2-3,6-7,16H,4-5,8H2,1H3. The fourth-order valence-corrected chi connectivity index (χ4v) is 2.38. The molecule has 0 spiro atoms. The van der Waals surface area contributed by atoms with Gasteiger partial charge in [-0.2, -0.15) is 0 Å². The van der Waals surface area contributed by atoms with Gasteiger partial charge in [-0.15, -0.1) is 0 Å². The van der Waals surface area contributed by atoms with Crippen LogP contribution in [0.4, 0.5) is 0 Å². The van der Waals surface area contributed by atoms with Gasteiger partial charge in [0.2, 0.25) is 5.89 Å². The van der Waals surface area contributed by atoms with E-state index in [2.05, 4.69) is 42.2 Å². The van der Waals surface area contributed by atoms with Crippen molar-refractivity contribution < 1.29 is 9.15 Å². The van der Waals surface area contributed by atoms with Gasteiger partial charge in [0.25, 0.3) is 0 Å². The predicted octanol–water partition coefficient (Wildman–Crippen LogP) is 3.60. The molecule has 0 saturated carbocycles. The number of hydrogen-bond acceptors (Lipinski definition) is 4. The minimum Gasteiger partial charge on any atom is -0.439 e. The van der Waals surface area contributed by atoms with Gasteiger partial charge in [-0.3, -0.25) is 0 Å². The van der Waals surface area contributed by atoms with Crippen molar-refractivity contribution in [1.82, 2.24) is 10.3 Å². The molecule has 4 nitrogen and oxygen atoms in total. The van der Waals surface area contributed by atoms with Crippen molar-refractivity contribution in [3.05, 3.63) is 39.2 Å². The SMILES string of the molecule is COCCNCc1ncc(-c2cc(Br)ccc2Br)o1. The molecule has 0 fully saturated rings. The summed E-state index contributed by atoms with van der Waals surface area (Å²) in [5.41, 5.74) is 0.977. The first-order chi connectivity index (χ1) is 9.20. The molecule has 2 rings (SSSR count). The first-order valence-corrected chi connectivity index (χ1v) is 7.39. The van der Waals surface area contributed by atoms with Crippen LogP contribution < -0.4 is 5.32 Å². The number of halogens is 2. The van der Waals surface area contributed by atoms with Crippen molar-refractivity contribution in [3.8, 4) is 11.3 Å². The van der Waals surface area contributed by atoms with Gasteiger partial charge >= 0.3 is 0 Å². The van der Waals surface area contributed by atoms with Gasteiger partial charge in [0.15, 0.2) is 5.76 Å². The highest BCUT2D eigenvalue weighted by atomic mass is 79.9. The molecule has 0 amide bonds. The van der Waals surface area contributed by atoms with E-state index in [1.54, 1.807) is 13.3 Å². The lowest BCUT2D eigenvalue weighted by Crippen LogP contribution is -2.18. The van der Waals surface area contributed by atoms with E-state index in [9.17, 15) is 0 Å². The second-order valence-electron chi connectivity index (χ2n) is 3.91. The van der Waals surface area contributed by atoms with Crippen LogP contribution in [0.15, 0.2) is 37.8 Å². The zero-order valence-corrected chi connectivity index (χ0v) is 13.6. The average molecular weight is 390 g/mol. The number of aromatic nitrogens is 1. The number of benzene rings is 1. The van der Waals surface area contributed by atoms with Crippen molar-refractivity contribution in [1.29, 1.82) is 0 Å². The zero-order chi connectivity index (χ0) is 13.7. The predicted molar refractivity (Wildman–Crippen MR) is 80.9 cm³/mol. The van der Waals surface area contributed by atoms with E-state index in [1.165, 1.54) is 0 Å². The van der Waals surface area contributed by atoms with Crippen LogP contribution >= 0.6 is 31.9 Å². The number of rotatable bonds is 6. The minimum absolute atomic E-state index is 0.592. The average Bonchev–Trinajstić information content (AvgIpc) is 2.86. The maximum absolute atomic E-state index is 5.72. The second kappa shape index (κ2) is 7.19. The van der Waals surface area contributed by atoms with Gasteiger partial charge in [0.1, 0.15) is 0 Å². The topological polar surface area (TPSA) is 47.3 Å². The van der Waals surface area contributed by atoms with E-state index in [-0.39, 0.29) is 0 Å². The molecular weight excluding hydrogens is 376 g/mol. The Morgan fingerprint density at radius 2 is 2.21 bits per heavy atom. The van der Waals surface area contributed by atoms with Crippen LogP contribution in [0, 0.1) is 0 Å². The monoisotopic (exact) mass is 388 g/mol. The van der Waals surface area contributed by atoms with Crippen LogP contribution in [0.1, 0.15) is 5.89 Å². The third-order valence-electron chi connectivity index (χ3n) is 2.51. The molecule has 0 saturated heterocycles. The highest BCUT2D eigenvalue weighted by Crippen LogP contribution is 2.31. The van der Waals surface area contributed by atoms with Gasteiger partial charge in [0, 0.05) is 28.2 Å². The summed E-state index contributed by atoms with van der Waals surface area (Å²) in [6.07, 6.45) is 1.74. The first kappa shape index (κ1) is 14.7. The quantitative estimate of drug-likeness (QED) is 0.766. The number of nitrogens with one attached hydrogen (secondary N) is 1. The Labute approximate surface area is 128 Å². The van der Waals surface area contributed by atoms with Crippen LogP contribution in [-0.4, -0.2) is 25.2 Å². The molecule has 0 bridgehead atoms. The Morgan fingerprint density at radius 1 is 1.37 bits per heavy atom. The molecule has 19 heavy (non-hydrogen) atoms. The number of ether oxygens (including phenoxy) is 1. The summed E-state index contributed by atoms with van der Waals surface area (Å²) >= 11 is 6.96. The zero-order valence-electron chi connectivity index (χ0n) is 10.5. The molecule has 102 valence electrons. The van der Waals surface area contributed by atoms with E-state index in [4.69, 9.17) is 9.15 Å². The molecule has 2 aromatic rings. The first-order valence-electron chi connectivity index (χ1n) is 5.80. The maximum Gasteiger partial charge on any atom is 0.208 e. The molecule has 0 atom stereocenters. The number of hydrogen-bond donors (Lipinski definition) is 1.